The molecule has 0 aromatic carbocycles. The van der Waals surface area contributed by atoms with E-state index in [1.165, 1.54) is 0 Å². The third kappa shape index (κ3) is 7.18. The maximum atomic E-state index is 12.5. The van der Waals surface area contributed by atoms with Gasteiger partial charge in [0.1, 0.15) is 5.65 Å². The van der Waals surface area contributed by atoms with Crippen molar-refractivity contribution >= 4 is 22.6 Å². The van der Waals surface area contributed by atoms with Crippen LogP contribution in [0.3, 0.4) is 0 Å². The molecule has 0 aliphatic rings. The molecule has 3 heterocycles. The summed E-state index contributed by atoms with van der Waals surface area (Å²) in [6.45, 7) is 5.41. The molecule has 7 nitrogen and oxygen atoms in total. The van der Waals surface area contributed by atoms with Crippen molar-refractivity contribution in [2.24, 2.45) is 5.92 Å². The highest BCUT2D eigenvalue weighted by Crippen LogP contribution is 2.29. The summed E-state index contributed by atoms with van der Waals surface area (Å²) in [7, 11) is 0. The van der Waals surface area contributed by atoms with Gasteiger partial charge in [-0.2, -0.15) is 13.2 Å². The van der Waals surface area contributed by atoms with Crippen molar-refractivity contribution in [1.29, 1.82) is 0 Å². The van der Waals surface area contributed by atoms with E-state index in [1.54, 1.807) is 18.6 Å². The minimum absolute atomic E-state index is 0.00398. The number of halogens is 3. The molecule has 4 N–H and O–H groups in total. The van der Waals surface area contributed by atoms with E-state index in [2.05, 4.69) is 30.9 Å². The summed E-state index contributed by atoms with van der Waals surface area (Å²) in [6, 6.07) is 3.70. The Bertz CT molecular complexity index is 1100. The van der Waals surface area contributed by atoms with Gasteiger partial charge in [-0.3, -0.25) is 9.78 Å². The molecular weight excluding hydrogens is 445 g/mol. The fourth-order valence-corrected chi connectivity index (χ4v) is 3.60. The predicted octanol–water partition coefficient (Wildman–Crippen LogP) is 4.63. The first-order chi connectivity index (χ1) is 16.2. The predicted molar refractivity (Wildman–Crippen MR) is 127 cm³/mol. The normalized spacial score (nSPS) is 12.8. The summed E-state index contributed by atoms with van der Waals surface area (Å²) < 4.78 is 37.5. The van der Waals surface area contributed by atoms with Crippen molar-refractivity contribution in [2.75, 3.05) is 18.4 Å². The van der Waals surface area contributed by atoms with Gasteiger partial charge in [0.25, 0.3) is 0 Å². The Hall–Kier alpha value is -3.14. The number of carbonyl (C=O) groups is 1. The van der Waals surface area contributed by atoms with Crippen molar-refractivity contribution in [3.8, 4) is 11.1 Å². The molecule has 10 heteroatoms. The van der Waals surface area contributed by atoms with Gasteiger partial charge < -0.3 is 20.9 Å². The number of pyridine rings is 2. The topological polar surface area (TPSA) is 94.7 Å². The van der Waals surface area contributed by atoms with Crippen LogP contribution in [0.1, 0.15) is 39.2 Å². The number of H-pyrrole nitrogens is 1. The Balaban J connectivity index is 1.76. The zero-order valence-electron chi connectivity index (χ0n) is 19.6. The first-order valence-electron chi connectivity index (χ1n) is 11.4. The average molecular weight is 477 g/mol. The molecule has 3 rings (SSSR count). The lowest BCUT2D eigenvalue weighted by molar-refractivity contribution is -0.125. The molecule has 0 saturated carbocycles. The molecule has 3 aromatic rings. The highest BCUT2D eigenvalue weighted by molar-refractivity contribution is 5.94. The summed E-state index contributed by atoms with van der Waals surface area (Å²) in [5.74, 6) is 0.108. The standard InChI is InChI=1S/C24H31F3N6O/c1-4-5-22(34)30-8-16-6-19-20(12-32-23(19)31-9-16)17-7-18(11-28-10-17)33-21(15(2)3)13-29-14-24(25,26)27/h6-7,9-12,15,21,29,33H,4-5,8,13-14H2,1-3H3,(H,30,34)(H,31,32). The minimum atomic E-state index is -4.25. The van der Waals surface area contributed by atoms with E-state index in [9.17, 15) is 18.0 Å². The Morgan fingerprint density at radius 2 is 1.97 bits per heavy atom. The number of nitrogens with zero attached hydrogens (tertiary/aromatic N) is 2. The van der Waals surface area contributed by atoms with Crippen molar-refractivity contribution in [1.82, 2.24) is 25.6 Å². The number of hydrogen-bond donors (Lipinski definition) is 4. The molecule has 0 radical (unpaired) electrons. The second-order valence-corrected chi connectivity index (χ2v) is 8.67. The Morgan fingerprint density at radius 1 is 1.18 bits per heavy atom. The zero-order valence-corrected chi connectivity index (χ0v) is 19.6. The van der Waals surface area contributed by atoms with Gasteiger partial charge in [-0.25, -0.2) is 4.98 Å². The first kappa shape index (κ1) is 25.5. The van der Waals surface area contributed by atoms with Gasteiger partial charge in [-0.15, -0.1) is 0 Å². The molecular formula is C24H31F3N6O. The van der Waals surface area contributed by atoms with Gasteiger partial charge in [0.15, 0.2) is 0 Å². The molecule has 184 valence electrons. The lowest BCUT2D eigenvalue weighted by Gasteiger charge is -2.24. The average Bonchev–Trinajstić information content (AvgIpc) is 3.20. The number of anilines is 1. The fourth-order valence-electron chi connectivity index (χ4n) is 3.60. The number of amides is 1. The number of nitrogens with one attached hydrogen (secondary N) is 4. The lowest BCUT2D eigenvalue weighted by Crippen LogP contribution is -2.40. The van der Waals surface area contributed by atoms with E-state index in [-0.39, 0.29) is 24.4 Å². The van der Waals surface area contributed by atoms with Crippen LogP contribution in [0.15, 0.2) is 36.9 Å². The van der Waals surface area contributed by atoms with Crippen LogP contribution in [0.25, 0.3) is 22.2 Å². The van der Waals surface area contributed by atoms with Crippen molar-refractivity contribution in [3.05, 3.63) is 42.5 Å². The third-order valence-corrected chi connectivity index (χ3v) is 5.45. The van der Waals surface area contributed by atoms with Crippen LogP contribution in [0.2, 0.25) is 0 Å². The molecule has 1 unspecified atom stereocenters. The molecule has 0 aliphatic heterocycles. The van der Waals surface area contributed by atoms with Gasteiger partial charge in [0, 0.05) is 66.9 Å². The Labute approximate surface area is 197 Å². The largest absolute Gasteiger partial charge is 0.401 e. The molecule has 0 aliphatic carbocycles. The van der Waals surface area contributed by atoms with E-state index in [4.69, 9.17) is 0 Å². The van der Waals surface area contributed by atoms with Crippen LogP contribution in [0, 0.1) is 5.92 Å². The molecule has 1 amide bonds. The minimum Gasteiger partial charge on any atom is -0.380 e. The van der Waals surface area contributed by atoms with Gasteiger partial charge in [-0.05, 0) is 30.0 Å². The lowest BCUT2D eigenvalue weighted by atomic mass is 10.0. The molecule has 0 spiro atoms. The summed E-state index contributed by atoms with van der Waals surface area (Å²) in [5, 5.41) is 9.57. The second-order valence-electron chi connectivity index (χ2n) is 8.67. The molecule has 0 saturated heterocycles. The first-order valence-corrected chi connectivity index (χ1v) is 11.4. The van der Waals surface area contributed by atoms with Crippen LogP contribution < -0.4 is 16.0 Å². The Kier molecular flexibility index (Phi) is 8.49. The number of alkyl halides is 3. The highest BCUT2D eigenvalue weighted by Gasteiger charge is 2.27. The fraction of sp³-hybridized carbons (Fsp3) is 0.458. The molecule has 1 atom stereocenters. The summed E-state index contributed by atoms with van der Waals surface area (Å²) in [6.07, 6.45) is 4.00. The van der Waals surface area contributed by atoms with Crippen LogP contribution >= 0.6 is 0 Å². The Morgan fingerprint density at radius 3 is 2.68 bits per heavy atom. The third-order valence-electron chi connectivity index (χ3n) is 5.45. The smallest absolute Gasteiger partial charge is 0.380 e. The number of fused-ring (bicyclic) bond motifs is 1. The van der Waals surface area contributed by atoms with Gasteiger partial charge in [-0.1, -0.05) is 20.8 Å². The number of aromatic amines is 1. The quantitative estimate of drug-likeness (QED) is 0.324. The van der Waals surface area contributed by atoms with E-state index in [0.717, 1.165) is 34.2 Å². The van der Waals surface area contributed by atoms with E-state index in [0.29, 0.717) is 18.6 Å². The van der Waals surface area contributed by atoms with Crippen LogP contribution in [-0.2, 0) is 11.3 Å². The number of carbonyl (C=O) groups excluding carboxylic acids is 1. The van der Waals surface area contributed by atoms with Crippen molar-refractivity contribution < 1.29 is 18.0 Å². The molecule has 0 fully saturated rings. The SMILES string of the molecule is CCCC(=O)NCc1cnc2[nH]cc(-c3cncc(NC(CNCC(F)(F)F)C(C)C)c3)c2c1. The van der Waals surface area contributed by atoms with Crippen LogP contribution in [-0.4, -0.2) is 46.2 Å². The number of aromatic nitrogens is 3. The van der Waals surface area contributed by atoms with Crippen molar-refractivity contribution in [3.63, 3.8) is 0 Å². The highest BCUT2D eigenvalue weighted by atomic mass is 19.4. The number of hydrogen-bond acceptors (Lipinski definition) is 5. The van der Waals surface area contributed by atoms with Crippen LogP contribution in [0.5, 0.6) is 0 Å². The van der Waals surface area contributed by atoms with Gasteiger partial charge >= 0.3 is 6.18 Å². The maximum Gasteiger partial charge on any atom is 0.401 e. The molecule has 3 aromatic heterocycles. The maximum absolute atomic E-state index is 12.5. The monoisotopic (exact) mass is 476 g/mol. The van der Waals surface area contributed by atoms with Gasteiger partial charge in [0.2, 0.25) is 5.91 Å². The summed E-state index contributed by atoms with van der Waals surface area (Å²) in [4.78, 5) is 23.7. The van der Waals surface area contributed by atoms with E-state index < -0.39 is 12.7 Å². The summed E-state index contributed by atoms with van der Waals surface area (Å²) >= 11 is 0. The van der Waals surface area contributed by atoms with Gasteiger partial charge in [0.05, 0.1) is 12.2 Å². The van der Waals surface area contributed by atoms with E-state index >= 15 is 0 Å². The second kappa shape index (κ2) is 11.3. The number of rotatable bonds is 11. The summed E-state index contributed by atoms with van der Waals surface area (Å²) in [5.41, 5.74) is 4.06. The van der Waals surface area contributed by atoms with E-state index in [1.807, 2.05) is 39.1 Å². The molecule has 34 heavy (non-hydrogen) atoms. The molecule has 0 bridgehead atoms. The van der Waals surface area contributed by atoms with Crippen molar-refractivity contribution in [2.45, 2.75) is 52.4 Å². The van der Waals surface area contributed by atoms with Crippen LogP contribution in [0.4, 0.5) is 18.9 Å². The zero-order chi connectivity index (χ0) is 24.7.